The molecule has 0 saturated heterocycles. The molecule has 2 heteroatoms. The third-order valence-electron chi connectivity index (χ3n) is 10.5. The lowest BCUT2D eigenvalue weighted by Crippen LogP contribution is -2.31. The fourth-order valence-corrected chi connectivity index (χ4v) is 7.94. The molecule has 2 aliphatic carbocycles. The Labute approximate surface area is 288 Å². The van der Waals surface area contributed by atoms with E-state index >= 15 is 0 Å². The van der Waals surface area contributed by atoms with E-state index in [0.29, 0.717) is 0 Å². The molecule has 0 aromatic heterocycles. The molecule has 49 heavy (non-hydrogen) atoms. The van der Waals surface area contributed by atoms with Crippen molar-refractivity contribution < 1.29 is 0 Å². The number of hydrogen-bond acceptors (Lipinski definition) is 2. The monoisotopic (exact) mass is 630 g/mol. The minimum atomic E-state index is -0.184. The second-order valence-corrected chi connectivity index (χ2v) is 13.9. The summed E-state index contributed by atoms with van der Waals surface area (Å²) in [5.41, 5.74) is 14.8. The van der Waals surface area contributed by atoms with Gasteiger partial charge in [-0.05, 0) is 91.9 Å². The molecule has 0 fully saturated rings. The predicted molar refractivity (Wildman–Crippen MR) is 207 cm³/mol. The highest BCUT2D eigenvalue weighted by molar-refractivity contribution is 6.09. The molecule has 0 spiro atoms. The standard InChI is InChI=1S/C47H38N2/c1-47(2)40-29-37(43-30-42(33-16-8-4-9-17-33)48-46(49-43)35-18-10-5-11-19-35)26-27-39(40)45-41(47)28-36-20-12-13-21-38(36)44(45)34-24-22-32(23-25-34)31-14-6-3-7-15-31/h3-4,6-10,12-30,42H,5,11H2,1-2H3,(H,48,49). The molecule has 1 unspecified atom stereocenters. The summed E-state index contributed by atoms with van der Waals surface area (Å²) in [4.78, 5) is 5.26. The molecule has 1 aliphatic heterocycles. The van der Waals surface area contributed by atoms with Gasteiger partial charge < -0.3 is 5.32 Å². The Morgan fingerprint density at radius 3 is 2.10 bits per heavy atom. The van der Waals surface area contributed by atoms with E-state index < -0.39 is 0 Å². The number of nitrogens with one attached hydrogen (secondary N) is 1. The predicted octanol–water partition coefficient (Wildman–Crippen LogP) is 11.8. The molecule has 0 radical (unpaired) electrons. The second-order valence-electron chi connectivity index (χ2n) is 13.9. The Bertz CT molecular complexity index is 2350. The summed E-state index contributed by atoms with van der Waals surface area (Å²) in [6.45, 7) is 4.77. The summed E-state index contributed by atoms with van der Waals surface area (Å²) in [5, 5.41) is 6.30. The van der Waals surface area contributed by atoms with Gasteiger partial charge in [-0.3, -0.25) is 0 Å². The van der Waals surface area contributed by atoms with Crippen LogP contribution in [0.25, 0.3) is 49.9 Å². The zero-order chi connectivity index (χ0) is 33.0. The molecular weight excluding hydrogens is 593 g/mol. The van der Waals surface area contributed by atoms with Crippen molar-refractivity contribution in [2.75, 3.05) is 0 Å². The largest absolute Gasteiger partial charge is 0.359 e. The minimum absolute atomic E-state index is 0.0362. The van der Waals surface area contributed by atoms with Crippen LogP contribution < -0.4 is 5.32 Å². The number of benzene rings is 6. The number of rotatable bonds is 5. The number of allylic oxidation sites excluding steroid dienone is 2. The quantitative estimate of drug-likeness (QED) is 0.201. The van der Waals surface area contributed by atoms with Crippen LogP contribution >= 0.6 is 0 Å². The van der Waals surface area contributed by atoms with Crippen LogP contribution in [0.4, 0.5) is 0 Å². The molecular formula is C47H38N2. The molecule has 236 valence electrons. The van der Waals surface area contributed by atoms with E-state index in [9.17, 15) is 0 Å². The molecule has 1 heterocycles. The van der Waals surface area contributed by atoms with Crippen molar-refractivity contribution in [2.24, 2.45) is 4.99 Å². The normalized spacial score (nSPS) is 17.4. The maximum atomic E-state index is 5.26. The first-order valence-electron chi connectivity index (χ1n) is 17.4. The van der Waals surface area contributed by atoms with Crippen LogP contribution in [0.15, 0.2) is 168 Å². The number of fused-ring (bicyclic) bond motifs is 4. The first kappa shape index (κ1) is 29.4. The average Bonchev–Trinajstić information content (AvgIpc) is 3.39. The molecule has 0 bridgehead atoms. The van der Waals surface area contributed by atoms with Crippen molar-refractivity contribution in [2.45, 2.75) is 38.1 Å². The van der Waals surface area contributed by atoms with Gasteiger partial charge in [-0.15, -0.1) is 0 Å². The van der Waals surface area contributed by atoms with Crippen LogP contribution in [0.1, 0.15) is 55.0 Å². The summed E-state index contributed by atoms with van der Waals surface area (Å²) in [7, 11) is 0. The smallest absolute Gasteiger partial charge is 0.134 e. The van der Waals surface area contributed by atoms with Crippen molar-refractivity contribution in [3.05, 3.63) is 186 Å². The van der Waals surface area contributed by atoms with Gasteiger partial charge in [-0.2, -0.15) is 0 Å². The van der Waals surface area contributed by atoms with E-state index in [0.717, 1.165) is 29.9 Å². The van der Waals surface area contributed by atoms with E-state index in [1.165, 1.54) is 66.4 Å². The molecule has 1 atom stereocenters. The Morgan fingerprint density at radius 2 is 1.33 bits per heavy atom. The zero-order valence-corrected chi connectivity index (χ0v) is 27.9. The molecule has 2 nitrogen and oxygen atoms in total. The van der Waals surface area contributed by atoms with Crippen LogP contribution in [0.3, 0.4) is 0 Å². The number of aliphatic imine (C=N–C) groups is 1. The number of amidine groups is 1. The molecule has 0 amide bonds. The molecule has 6 aromatic carbocycles. The van der Waals surface area contributed by atoms with E-state index in [4.69, 9.17) is 4.99 Å². The first-order chi connectivity index (χ1) is 24.0. The Kier molecular flexibility index (Phi) is 7.05. The maximum Gasteiger partial charge on any atom is 0.134 e. The fourth-order valence-electron chi connectivity index (χ4n) is 7.94. The van der Waals surface area contributed by atoms with Gasteiger partial charge in [0.2, 0.25) is 0 Å². The SMILES string of the molecule is CC1(C)c2cc(C3=CC(c4ccccc4)NC(C4=CCCC=C4)=N3)ccc2-c2c1cc1ccccc1c2-c1ccc(-c2ccccc2)cc1. The summed E-state index contributed by atoms with van der Waals surface area (Å²) >= 11 is 0. The number of hydrogen-bond donors (Lipinski definition) is 1. The van der Waals surface area contributed by atoms with E-state index in [1.807, 2.05) is 0 Å². The molecule has 3 aliphatic rings. The lowest BCUT2D eigenvalue weighted by molar-refractivity contribution is 0.661. The van der Waals surface area contributed by atoms with Gasteiger partial charge in [-0.1, -0.05) is 153 Å². The van der Waals surface area contributed by atoms with E-state index in [2.05, 4.69) is 177 Å². The van der Waals surface area contributed by atoms with E-state index in [1.54, 1.807) is 0 Å². The molecule has 0 saturated carbocycles. The van der Waals surface area contributed by atoms with Gasteiger partial charge in [0.1, 0.15) is 5.84 Å². The highest BCUT2D eigenvalue weighted by Crippen LogP contribution is 2.55. The molecule has 1 N–H and O–H groups in total. The summed E-state index contributed by atoms with van der Waals surface area (Å²) < 4.78 is 0. The van der Waals surface area contributed by atoms with Crippen LogP contribution in [0.5, 0.6) is 0 Å². The van der Waals surface area contributed by atoms with Gasteiger partial charge in [0.05, 0.1) is 11.7 Å². The first-order valence-corrected chi connectivity index (χ1v) is 17.4. The van der Waals surface area contributed by atoms with Crippen molar-refractivity contribution in [1.82, 2.24) is 5.32 Å². The lowest BCUT2D eigenvalue weighted by atomic mass is 9.80. The second kappa shape index (κ2) is 11.8. The van der Waals surface area contributed by atoms with Gasteiger partial charge in [0, 0.05) is 16.6 Å². The van der Waals surface area contributed by atoms with Gasteiger partial charge in [0.25, 0.3) is 0 Å². The zero-order valence-electron chi connectivity index (χ0n) is 27.9. The Hall–Kier alpha value is -5.73. The van der Waals surface area contributed by atoms with Gasteiger partial charge in [-0.25, -0.2) is 4.99 Å². The molecule has 9 rings (SSSR count). The van der Waals surface area contributed by atoms with Crippen LogP contribution in [0.2, 0.25) is 0 Å². The summed E-state index contributed by atoms with van der Waals surface area (Å²) in [6.07, 6.45) is 11.2. The Morgan fingerprint density at radius 1 is 0.633 bits per heavy atom. The topological polar surface area (TPSA) is 24.4 Å². The Balaban J connectivity index is 1.19. The molecule has 6 aromatic rings. The number of nitrogens with zero attached hydrogens (tertiary/aromatic N) is 1. The van der Waals surface area contributed by atoms with Crippen LogP contribution in [-0.4, -0.2) is 5.84 Å². The summed E-state index contributed by atoms with van der Waals surface area (Å²) in [5.74, 6) is 0.942. The maximum absolute atomic E-state index is 5.26. The van der Waals surface area contributed by atoms with E-state index in [-0.39, 0.29) is 11.5 Å². The van der Waals surface area contributed by atoms with Crippen molar-refractivity contribution in [3.63, 3.8) is 0 Å². The summed E-state index contributed by atoms with van der Waals surface area (Å²) in [6, 6.07) is 48.8. The van der Waals surface area contributed by atoms with Crippen LogP contribution in [-0.2, 0) is 5.41 Å². The highest BCUT2D eigenvalue weighted by Gasteiger charge is 2.38. The van der Waals surface area contributed by atoms with Crippen molar-refractivity contribution >= 4 is 22.3 Å². The minimum Gasteiger partial charge on any atom is -0.359 e. The fraction of sp³-hybridized carbons (Fsp3) is 0.128. The van der Waals surface area contributed by atoms with Gasteiger partial charge in [0.15, 0.2) is 0 Å². The lowest BCUT2D eigenvalue weighted by Gasteiger charge is -2.26. The third kappa shape index (κ3) is 5.07. The van der Waals surface area contributed by atoms with Crippen LogP contribution in [0, 0.1) is 0 Å². The van der Waals surface area contributed by atoms with Crippen molar-refractivity contribution in [1.29, 1.82) is 0 Å². The van der Waals surface area contributed by atoms with Gasteiger partial charge >= 0.3 is 0 Å². The van der Waals surface area contributed by atoms with Crippen molar-refractivity contribution in [3.8, 4) is 33.4 Å². The highest BCUT2D eigenvalue weighted by atomic mass is 15.0. The third-order valence-corrected chi connectivity index (χ3v) is 10.5. The average molecular weight is 631 g/mol.